The predicted molar refractivity (Wildman–Crippen MR) is 107 cm³/mol. The second-order valence-electron chi connectivity index (χ2n) is 5.26. The SMILES string of the molecule is COc1ccc(CNC(=S)N/N=C\c2ccc(OCC#N)c(OC)c2)cc1. The van der Waals surface area contributed by atoms with Crippen molar-refractivity contribution < 1.29 is 14.2 Å². The molecule has 0 saturated carbocycles. The molecular weight excluding hydrogens is 364 g/mol. The van der Waals surface area contributed by atoms with E-state index in [-0.39, 0.29) is 6.61 Å². The Bertz CT molecular complexity index is 832. The van der Waals surface area contributed by atoms with Gasteiger partial charge in [-0.3, -0.25) is 5.43 Å². The molecule has 7 nitrogen and oxygen atoms in total. The molecule has 0 aromatic heterocycles. The molecule has 2 aromatic rings. The minimum Gasteiger partial charge on any atom is -0.497 e. The van der Waals surface area contributed by atoms with Crippen molar-refractivity contribution in [3.8, 4) is 23.3 Å². The average Bonchev–Trinajstić information content (AvgIpc) is 2.71. The summed E-state index contributed by atoms with van der Waals surface area (Å²) in [6, 6.07) is 14.9. The molecule has 2 aromatic carbocycles. The van der Waals surface area contributed by atoms with E-state index < -0.39 is 0 Å². The molecule has 0 spiro atoms. The van der Waals surface area contributed by atoms with E-state index in [4.69, 9.17) is 31.7 Å². The topological polar surface area (TPSA) is 87.9 Å². The summed E-state index contributed by atoms with van der Waals surface area (Å²) in [5, 5.41) is 16.2. The summed E-state index contributed by atoms with van der Waals surface area (Å²) in [5.74, 6) is 1.83. The summed E-state index contributed by atoms with van der Waals surface area (Å²) >= 11 is 5.20. The fourth-order valence-corrected chi connectivity index (χ4v) is 2.25. The molecular formula is C19H20N4O3S. The Hall–Kier alpha value is -3.31. The van der Waals surface area contributed by atoms with E-state index in [1.165, 1.54) is 7.11 Å². The highest BCUT2D eigenvalue weighted by Crippen LogP contribution is 2.27. The molecule has 2 N–H and O–H groups in total. The third-order valence-electron chi connectivity index (χ3n) is 3.47. The standard InChI is InChI=1S/C19H20N4O3S/c1-24-16-6-3-14(4-7-16)12-21-19(27)23-22-13-15-5-8-17(26-10-9-20)18(11-15)25-2/h3-8,11,13H,10,12H2,1-2H3,(H2,21,23,27)/b22-13-. The number of hydrazone groups is 1. The molecule has 0 atom stereocenters. The normalized spacial score (nSPS) is 10.1. The van der Waals surface area contributed by atoms with E-state index >= 15 is 0 Å². The van der Waals surface area contributed by atoms with Crippen molar-refractivity contribution in [2.45, 2.75) is 6.54 Å². The lowest BCUT2D eigenvalue weighted by Crippen LogP contribution is -2.31. The second kappa shape index (κ2) is 10.6. The molecule has 0 aliphatic carbocycles. The first-order valence-corrected chi connectivity index (χ1v) is 8.44. The molecule has 0 aliphatic rings. The first kappa shape index (κ1) is 20.0. The number of nitrogens with zero attached hydrogens (tertiary/aromatic N) is 2. The fraction of sp³-hybridized carbons (Fsp3) is 0.211. The van der Waals surface area contributed by atoms with Gasteiger partial charge in [0.05, 0.1) is 20.4 Å². The van der Waals surface area contributed by atoms with Gasteiger partial charge in [0.25, 0.3) is 0 Å². The maximum Gasteiger partial charge on any atom is 0.187 e. The molecule has 2 rings (SSSR count). The Morgan fingerprint density at radius 3 is 2.59 bits per heavy atom. The highest BCUT2D eigenvalue weighted by atomic mass is 32.1. The van der Waals surface area contributed by atoms with Crippen molar-refractivity contribution in [3.63, 3.8) is 0 Å². The number of nitriles is 1. The number of thiocarbonyl (C=S) groups is 1. The number of nitrogens with one attached hydrogen (secondary N) is 2. The lowest BCUT2D eigenvalue weighted by molar-refractivity contribution is 0.329. The lowest BCUT2D eigenvalue weighted by Gasteiger charge is -2.09. The summed E-state index contributed by atoms with van der Waals surface area (Å²) in [7, 11) is 3.17. The van der Waals surface area contributed by atoms with Crippen molar-refractivity contribution in [2.75, 3.05) is 20.8 Å². The van der Waals surface area contributed by atoms with Gasteiger partial charge < -0.3 is 19.5 Å². The molecule has 0 aliphatic heterocycles. The zero-order valence-electron chi connectivity index (χ0n) is 15.1. The number of methoxy groups -OCH3 is 2. The minimum absolute atomic E-state index is 0.0422. The van der Waals surface area contributed by atoms with Gasteiger partial charge in [-0.15, -0.1) is 0 Å². The first-order chi connectivity index (χ1) is 13.2. The van der Waals surface area contributed by atoms with Crippen LogP contribution in [-0.2, 0) is 6.54 Å². The van der Waals surface area contributed by atoms with Crippen LogP contribution in [0.25, 0.3) is 0 Å². The third-order valence-corrected chi connectivity index (χ3v) is 3.71. The highest BCUT2D eigenvalue weighted by Gasteiger charge is 2.04. The van der Waals surface area contributed by atoms with Crippen molar-refractivity contribution in [2.24, 2.45) is 5.10 Å². The van der Waals surface area contributed by atoms with Crippen LogP contribution in [0.15, 0.2) is 47.6 Å². The Balaban J connectivity index is 1.84. The van der Waals surface area contributed by atoms with Crippen LogP contribution in [0.2, 0.25) is 0 Å². The monoisotopic (exact) mass is 384 g/mol. The number of benzene rings is 2. The minimum atomic E-state index is -0.0422. The van der Waals surface area contributed by atoms with Crippen LogP contribution in [0.4, 0.5) is 0 Å². The van der Waals surface area contributed by atoms with Gasteiger partial charge in [0.15, 0.2) is 23.2 Å². The van der Waals surface area contributed by atoms with Gasteiger partial charge in [-0.2, -0.15) is 10.4 Å². The Labute approximate surface area is 163 Å². The number of ether oxygens (including phenoxy) is 3. The number of hydrogen-bond acceptors (Lipinski definition) is 6. The van der Waals surface area contributed by atoms with Gasteiger partial charge in [0.1, 0.15) is 11.8 Å². The zero-order chi connectivity index (χ0) is 19.5. The predicted octanol–water partition coefficient (Wildman–Crippen LogP) is 2.60. The molecule has 0 radical (unpaired) electrons. The van der Waals surface area contributed by atoms with Crippen molar-refractivity contribution in [3.05, 3.63) is 53.6 Å². The number of rotatable bonds is 8. The van der Waals surface area contributed by atoms with Crippen LogP contribution >= 0.6 is 12.2 Å². The van der Waals surface area contributed by atoms with Gasteiger partial charge in [0, 0.05) is 6.54 Å². The lowest BCUT2D eigenvalue weighted by atomic mass is 10.2. The largest absolute Gasteiger partial charge is 0.497 e. The van der Waals surface area contributed by atoms with Crippen molar-refractivity contribution in [1.82, 2.24) is 10.7 Å². The van der Waals surface area contributed by atoms with Crippen LogP contribution in [0, 0.1) is 11.3 Å². The zero-order valence-corrected chi connectivity index (χ0v) is 15.9. The molecule has 140 valence electrons. The summed E-state index contributed by atoms with van der Waals surface area (Å²) in [6.45, 7) is 0.531. The molecule has 0 bridgehead atoms. The highest BCUT2D eigenvalue weighted by molar-refractivity contribution is 7.80. The second-order valence-corrected chi connectivity index (χ2v) is 5.67. The van der Waals surface area contributed by atoms with Gasteiger partial charge >= 0.3 is 0 Å². The van der Waals surface area contributed by atoms with Gasteiger partial charge in [-0.05, 0) is 53.7 Å². The molecule has 0 fully saturated rings. The van der Waals surface area contributed by atoms with Crippen molar-refractivity contribution in [1.29, 1.82) is 5.26 Å². The van der Waals surface area contributed by atoms with Gasteiger partial charge in [-0.1, -0.05) is 12.1 Å². The van der Waals surface area contributed by atoms with E-state index in [9.17, 15) is 0 Å². The molecule has 27 heavy (non-hydrogen) atoms. The van der Waals surface area contributed by atoms with Crippen LogP contribution < -0.4 is 25.0 Å². The average molecular weight is 384 g/mol. The fourth-order valence-electron chi connectivity index (χ4n) is 2.12. The summed E-state index contributed by atoms with van der Waals surface area (Å²) in [4.78, 5) is 0. The molecule has 0 heterocycles. The van der Waals surface area contributed by atoms with Crippen LogP contribution in [0.3, 0.4) is 0 Å². The maximum absolute atomic E-state index is 8.58. The Kier molecular flexibility index (Phi) is 7.88. The third kappa shape index (κ3) is 6.49. The van der Waals surface area contributed by atoms with E-state index in [2.05, 4.69) is 15.8 Å². The Morgan fingerprint density at radius 1 is 1.15 bits per heavy atom. The quantitative estimate of drug-likeness (QED) is 0.411. The summed E-state index contributed by atoms with van der Waals surface area (Å²) in [6.07, 6.45) is 1.61. The van der Waals surface area contributed by atoms with Gasteiger partial charge in [-0.25, -0.2) is 0 Å². The van der Waals surface area contributed by atoms with Crippen molar-refractivity contribution >= 4 is 23.5 Å². The van der Waals surface area contributed by atoms with E-state index in [0.717, 1.165) is 16.9 Å². The summed E-state index contributed by atoms with van der Waals surface area (Å²) < 4.78 is 15.7. The van der Waals surface area contributed by atoms with Gasteiger partial charge in [0.2, 0.25) is 0 Å². The van der Waals surface area contributed by atoms with Crippen LogP contribution in [0.1, 0.15) is 11.1 Å². The van der Waals surface area contributed by atoms with Crippen LogP contribution in [0.5, 0.6) is 17.2 Å². The van der Waals surface area contributed by atoms with Crippen LogP contribution in [-0.4, -0.2) is 32.2 Å². The van der Waals surface area contributed by atoms with E-state index in [1.807, 2.05) is 30.3 Å². The first-order valence-electron chi connectivity index (χ1n) is 8.04. The Morgan fingerprint density at radius 2 is 1.93 bits per heavy atom. The van der Waals surface area contributed by atoms with E-state index in [0.29, 0.717) is 23.2 Å². The maximum atomic E-state index is 8.58. The molecule has 0 saturated heterocycles. The van der Waals surface area contributed by atoms with E-state index in [1.54, 1.807) is 31.5 Å². The number of hydrogen-bond donors (Lipinski definition) is 2. The smallest absolute Gasteiger partial charge is 0.187 e. The molecule has 0 unspecified atom stereocenters. The molecule has 0 amide bonds. The summed E-state index contributed by atoms with van der Waals surface area (Å²) in [5.41, 5.74) is 4.62. The molecule has 8 heteroatoms.